The number of morpholine rings is 1. The van der Waals surface area contributed by atoms with Crippen LogP contribution in [0.2, 0.25) is 0 Å². The van der Waals surface area contributed by atoms with Crippen LogP contribution in [0.25, 0.3) is 11.3 Å². The average molecular weight is 463 g/mol. The number of carbonyl (C=O) groups excluding carboxylic acids is 1. The summed E-state index contributed by atoms with van der Waals surface area (Å²) in [7, 11) is 1.90. The first-order chi connectivity index (χ1) is 16.6. The average Bonchev–Trinajstić information content (AvgIpc) is 2.88. The molecule has 1 aliphatic heterocycles. The van der Waals surface area contributed by atoms with Crippen LogP contribution in [0.4, 0.5) is 11.5 Å². The van der Waals surface area contributed by atoms with Crippen molar-refractivity contribution in [3.05, 3.63) is 65.2 Å². The van der Waals surface area contributed by atoms with Gasteiger partial charge in [0.05, 0.1) is 31.7 Å². The minimum Gasteiger partial charge on any atom is -0.392 e. The topological polar surface area (TPSA) is 126 Å². The lowest BCUT2D eigenvalue weighted by atomic mass is 10.00. The van der Waals surface area contributed by atoms with Gasteiger partial charge in [0, 0.05) is 48.7 Å². The van der Waals surface area contributed by atoms with Gasteiger partial charge in [0.2, 0.25) is 0 Å². The van der Waals surface area contributed by atoms with Gasteiger partial charge in [-0.3, -0.25) is 9.78 Å². The molecule has 1 saturated heterocycles. The van der Waals surface area contributed by atoms with Crippen LogP contribution in [0.1, 0.15) is 27.2 Å². The van der Waals surface area contributed by atoms with Crippen molar-refractivity contribution in [1.29, 1.82) is 0 Å². The molecule has 0 atom stereocenters. The number of nitrogen functional groups attached to an aromatic ring is 1. The predicted molar refractivity (Wildman–Crippen MR) is 131 cm³/mol. The van der Waals surface area contributed by atoms with E-state index >= 15 is 0 Å². The zero-order valence-corrected chi connectivity index (χ0v) is 19.3. The Hall–Kier alpha value is -3.40. The number of likely N-dealkylation sites (N-methyl/N-ethyl adjacent to an activating group) is 1. The number of rotatable bonds is 9. The largest absolute Gasteiger partial charge is 0.392 e. The van der Waals surface area contributed by atoms with Crippen molar-refractivity contribution in [2.75, 3.05) is 50.5 Å². The smallest absolute Gasteiger partial charge is 0.189 e. The number of Topliss-reactive ketones (excluding diaryl/α,β-unsaturated/α-hetero) is 1. The molecule has 4 N–H and O–H groups in total. The van der Waals surface area contributed by atoms with Gasteiger partial charge < -0.3 is 25.8 Å². The lowest BCUT2D eigenvalue weighted by molar-refractivity contribution is 0.0988. The summed E-state index contributed by atoms with van der Waals surface area (Å²) in [6.45, 7) is 3.52. The highest BCUT2D eigenvalue weighted by molar-refractivity contribution is 6.00. The van der Waals surface area contributed by atoms with Crippen molar-refractivity contribution in [2.24, 2.45) is 0 Å². The van der Waals surface area contributed by atoms with Crippen LogP contribution in [0, 0.1) is 0 Å². The predicted octanol–water partition coefficient (Wildman–Crippen LogP) is 1.64. The Morgan fingerprint density at radius 3 is 2.79 bits per heavy atom. The molecule has 0 aliphatic carbocycles. The van der Waals surface area contributed by atoms with E-state index in [0.717, 1.165) is 54.0 Å². The summed E-state index contributed by atoms with van der Waals surface area (Å²) in [4.78, 5) is 28.5. The lowest BCUT2D eigenvalue weighted by Gasteiger charge is -2.30. The number of nitrogens with two attached hydrogens (primary N) is 1. The number of hydrogen-bond acceptors (Lipinski definition) is 9. The molecule has 0 amide bonds. The molecule has 1 aromatic carbocycles. The van der Waals surface area contributed by atoms with E-state index in [1.807, 2.05) is 31.3 Å². The molecule has 2 aromatic heterocycles. The molecule has 0 saturated carbocycles. The second-order valence-electron chi connectivity index (χ2n) is 8.20. The Morgan fingerprint density at radius 1 is 1.21 bits per heavy atom. The third-order valence-corrected chi connectivity index (χ3v) is 5.93. The number of ether oxygens (including phenoxy) is 1. The van der Waals surface area contributed by atoms with Crippen molar-refractivity contribution < 1.29 is 14.6 Å². The zero-order chi connectivity index (χ0) is 23.9. The molecule has 3 aromatic rings. The minimum absolute atomic E-state index is 0.0850. The molecule has 9 heteroatoms. The number of nitrogens with zero attached hydrogens (tertiary/aromatic N) is 4. The SMILES string of the molecule is CNCCc1ccc(-c2cnc(N)c(C(=O)Cc3cnccc3N3CCOCC3)n2)c(CO)c1. The van der Waals surface area contributed by atoms with Gasteiger partial charge in [-0.2, -0.15) is 0 Å². The Labute approximate surface area is 199 Å². The fourth-order valence-electron chi connectivity index (χ4n) is 4.11. The summed E-state index contributed by atoms with van der Waals surface area (Å²) in [5.41, 5.74) is 11.0. The monoisotopic (exact) mass is 462 g/mol. The molecular weight excluding hydrogens is 432 g/mol. The molecule has 0 spiro atoms. The van der Waals surface area contributed by atoms with Crippen LogP contribution in [0.15, 0.2) is 42.9 Å². The third kappa shape index (κ3) is 5.39. The third-order valence-electron chi connectivity index (χ3n) is 5.93. The van der Waals surface area contributed by atoms with Crippen LogP contribution >= 0.6 is 0 Å². The van der Waals surface area contributed by atoms with E-state index in [0.29, 0.717) is 18.9 Å². The fourth-order valence-corrected chi connectivity index (χ4v) is 4.11. The summed E-state index contributed by atoms with van der Waals surface area (Å²) in [6.07, 6.45) is 5.93. The minimum atomic E-state index is -0.231. The molecule has 3 heterocycles. The maximum Gasteiger partial charge on any atom is 0.189 e. The number of nitrogens with one attached hydrogen (secondary N) is 1. The van der Waals surface area contributed by atoms with Gasteiger partial charge in [0.25, 0.3) is 0 Å². The van der Waals surface area contributed by atoms with Gasteiger partial charge in [0.15, 0.2) is 11.6 Å². The molecule has 178 valence electrons. The summed E-state index contributed by atoms with van der Waals surface area (Å²) in [5, 5.41) is 13.1. The van der Waals surface area contributed by atoms with Crippen LogP contribution in [-0.2, 0) is 24.2 Å². The standard InChI is InChI=1S/C25H30N6O3/c1-27-6-4-17-2-3-20(19(12-17)16-32)21-15-29-25(26)24(30-21)23(33)13-18-14-28-7-5-22(18)31-8-10-34-11-9-31/h2-3,5,7,12,14-15,27,32H,4,6,8-11,13,16H2,1H3,(H2,26,29). The van der Waals surface area contributed by atoms with E-state index in [9.17, 15) is 9.90 Å². The Morgan fingerprint density at radius 2 is 2.03 bits per heavy atom. The molecule has 9 nitrogen and oxygen atoms in total. The molecular formula is C25H30N6O3. The van der Waals surface area contributed by atoms with E-state index < -0.39 is 0 Å². The number of benzene rings is 1. The highest BCUT2D eigenvalue weighted by Gasteiger charge is 2.21. The first kappa shape index (κ1) is 23.7. The second kappa shape index (κ2) is 11.1. The van der Waals surface area contributed by atoms with Gasteiger partial charge in [-0.05, 0) is 37.2 Å². The number of ketones is 1. The maximum absolute atomic E-state index is 13.3. The zero-order valence-electron chi connectivity index (χ0n) is 19.3. The summed E-state index contributed by atoms with van der Waals surface area (Å²) >= 11 is 0. The molecule has 4 rings (SSSR count). The summed E-state index contributed by atoms with van der Waals surface area (Å²) in [6, 6.07) is 7.78. The van der Waals surface area contributed by atoms with Gasteiger partial charge in [-0.1, -0.05) is 18.2 Å². The van der Waals surface area contributed by atoms with E-state index in [4.69, 9.17) is 10.5 Å². The number of aliphatic hydroxyl groups is 1. The molecule has 0 radical (unpaired) electrons. The van der Waals surface area contributed by atoms with E-state index in [1.54, 1.807) is 12.4 Å². The van der Waals surface area contributed by atoms with Gasteiger partial charge >= 0.3 is 0 Å². The van der Waals surface area contributed by atoms with Crippen molar-refractivity contribution in [2.45, 2.75) is 19.4 Å². The van der Waals surface area contributed by atoms with Crippen molar-refractivity contribution in [3.8, 4) is 11.3 Å². The number of aliphatic hydroxyl groups excluding tert-OH is 1. The van der Waals surface area contributed by atoms with Crippen molar-refractivity contribution >= 4 is 17.3 Å². The highest BCUT2D eigenvalue weighted by atomic mass is 16.5. The van der Waals surface area contributed by atoms with E-state index in [1.165, 1.54) is 6.20 Å². The number of hydrogen-bond donors (Lipinski definition) is 3. The van der Waals surface area contributed by atoms with E-state index in [2.05, 4.69) is 25.2 Å². The number of carbonyl (C=O) groups is 1. The van der Waals surface area contributed by atoms with Crippen molar-refractivity contribution in [3.63, 3.8) is 0 Å². The summed E-state index contributed by atoms with van der Waals surface area (Å²) < 4.78 is 5.45. The normalized spacial score (nSPS) is 13.8. The van der Waals surface area contributed by atoms with Crippen molar-refractivity contribution in [1.82, 2.24) is 20.3 Å². The first-order valence-corrected chi connectivity index (χ1v) is 11.4. The first-order valence-electron chi connectivity index (χ1n) is 11.4. The van der Waals surface area contributed by atoms with Gasteiger partial charge in [-0.15, -0.1) is 0 Å². The number of aromatic nitrogens is 3. The highest BCUT2D eigenvalue weighted by Crippen LogP contribution is 2.26. The fraction of sp³-hybridized carbons (Fsp3) is 0.360. The number of pyridine rings is 1. The van der Waals surface area contributed by atoms with Crippen LogP contribution in [0.5, 0.6) is 0 Å². The van der Waals surface area contributed by atoms with Crippen LogP contribution in [-0.4, -0.2) is 65.7 Å². The second-order valence-corrected chi connectivity index (χ2v) is 8.20. The Kier molecular flexibility index (Phi) is 7.79. The quantitative estimate of drug-likeness (QED) is 0.407. The molecule has 1 fully saturated rings. The number of anilines is 2. The molecule has 0 bridgehead atoms. The van der Waals surface area contributed by atoms with Crippen LogP contribution < -0.4 is 16.0 Å². The van der Waals surface area contributed by atoms with Gasteiger partial charge in [-0.25, -0.2) is 9.97 Å². The van der Waals surface area contributed by atoms with Gasteiger partial charge in [0.1, 0.15) is 5.69 Å². The van der Waals surface area contributed by atoms with Crippen LogP contribution in [0.3, 0.4) is 0 Å². The summed E-state index contributed by atoms with van der Waals surface area (Å²) in [5.74, 6) is -0.146. The molecule has 1 aliphatic rings. The molecule has 34 heavy (non-hydrogen) atoms. The maximum atomic E-state index is 13.3. The lowest BCUT2D eigenvalue weighted by Crippen LogP contribution is -2.37. The Balaban J connectivity index is 1.60. The van der Waals surface area contributed by atoms with E-state index in [-0.39, 0.29) is 30.3 Å². The Bertz CT molecular complexity index is 1150. The molecule has 0 unspecified atom stereocenters.